The van der Waals surface area contributed by atoms with Gasteiger partial charge < -0.3 is 4.98 Å². The molecule has 0 unspecified atom stereocenters. The minimum Gasteiger partial charge on any atom is -0.340 e. The lowest BCUT2D eigenvalue weighted by Crippen LogP contribution is -2.01. The molecule has 2 heterocycles. The molecule has 3 aromatic rings. The largest absolute Gasteiger partial charge is 0.340 e. The molecule has 16 heavy (non-hydrogen) atoms. The molecule has 4 heteroatoms. The van der Waals surface area contributed by atoms with E-state index >= 15 is 0 Å². The van der Waals surface area contributed by atoms with Crippen molar-refractivity contribution in [2.75, 3.05) is 0 Å². The average Bonchev–Trinajstić information content (AvgIpc) is 2.86. The predicted octanol–water partition coefficient (Wildman–Crippen LogP) is 2.12. The number of benzene rings is 1. The molecule has 3 rings (SSSR count). The quantitative estimate of drug-likeness (QED) is 0.707. The molecule has 4 nitrogen and oxygen atoms in total. The van der Waals surface area contributed by atoms with E-state index in [0.717, 1.165) is 16.9 Å². The van der Waals surface area contributed by atoms with Crippen LogP contribution >= 0.6 is 0 Å². The minimum atomic E-state index is 0.681. The number of hydrogen-bond acceptors (Lipinski definition) is 2. The van der Waals surface area contributed by atoms with Crippen LogP contribution in [0.5, 0.6) is 0 Å². The van der Waals surface area contributed by atoms with Crippen LogP contribution in [0.3, 0.4) is 0 Å². The summed E-state index contributed by atoms with van der Waals surface area (Å²) in [5.74, 6) is 0.935. The standard InChI is InChI=1S/C12H12N4/c1-9-3-4-10-11(7-9)15-12(14-10)8-16-6-2-5-13-16/h2-7H,8H2,1H3,(H,14,15). The Morgan fingerprint density at radius 2 is 2.31 bits per heavy atom. The molecule has 80 valence electrons. The van der Waals surface area contributed by atoms with E-state index in [2.05, 4.69) is 34.1 Å². The Labute approximate surface area is 92.9 Å². The maximum absolute atomic E-state index is 4.51. The lowest BCUT2D eigenvalue weighted by molar-refractivity contribution is 0.663. The number of nitrogens with one attached hydrogen (secondary N) is 1. The van der Waals surface area contributed by atoms with E-state index in [4.69, 9.17) is 0 Å². The van der Waals surface area contributed by atoms with E-state index in [0.29, 0.717) is 6.54 Å². The Hall–Kier alpha value is -2.10. The smallest absolute Gasteiger partial charge is 0.129 e. The number of H-pyrrole nitrogens is 1. The Kier molecular flexibility index (Phi) is 1.99. The van der Waals surface area contributed by atoms with Crippen molar-refractivity contribution in [1.29, 1.82) is 0 Å². The SMILES string of the molecule is Cc1ccc2nc(Cn3cccn3)[nH]c2c1. The van der Waals surface area contributed by atoms with Gasteiger partial charge in [-0.15, -0.1) is 0 Å². The van der Waals surface area contributed by atoms with Gasteiger partial charge in [0, 0.05) is 12.4 Å². The van der Waals surface area contributed by atoms with Crippen molar-refractivity contribution in [2.24, 2.45) is 0 Å². The number of aromatic amines is 1. The van der Waals surface area contributed by atoms with E-state index in [-0.39, 0.29) is 0 Å². The van der Waals surface area contributed by atoms with Crippen LogP contribution < -0.4 is 0 Å². The number of nitrogens with zero attached hydrogens (tertiary/aromatic N) is 3. The van der Waals surface area contributed by atoms with E-state index in [1.54, 1.807) is 6.20 Å². The van der Waals surface area contributed by atoms with Gasteiger partial charge in [-0.2, -0.15) is 5.10 Å². The summed E-state index contributed by atoms with van der Waals surface area (Å²) in [6.45, 7) is 2.76. The van der Waals surface area contributed by atoms with Crippen LogP contribution in [0.2, 0.25) is 0 Å². The molecule has 1 N–H and O–H groups in total. The van der Waals surface area contributed by atoms with Gasteiger partial charge in [-0.1, -0.05) is 6.07 Å². The highest BCUT2D eigenvalue weighted by Crippen LogP contribution is 2.13. The van der Waals surface area contributed by atoms with Gasteiger partial charge >= 0.3 is 0 Å². The normalized spacial score (nSPS) is 11.1. The Morgan fingerprint density at radius 1 is 1.38 bits per heavy atom. The molecule has 0 aliphatic rings. The van der Waals surface area contributed by atoms with Crippen LogP contribution in [0.15, 0.2) is 36.7 Å². The van der Waals surface area contributed by atoms with Crippen LogP contribution in [0, 0.1) is 6.92 Å². The van der Waals surface area contributed by atoms with Crippen molar-refractivity contribution in [1.82, 2.24) is 19.7 Å². The zero-order valence-corrected chi connectivity index (χ0v) is 9.01. The molecular formula is C12H12N4. The topological polar surface area (TPSA) is 46.5 Å². The molecule has 0 saturated carbocycles. The first-order chi connectivity index (χ1) is 7.81. The van der Waals surface area contributed by atoms with Gasteiger partial charge in [-0.25, -0.2) is 4.98 Å². The summed E-state index contributed by atoms with van der Waals surface area (Å²) >= 11 is 0. The van der Waals surface area contributed by atoms with Crippen LogP contribution in [-0.4, -0.2) is 19.7 Å². The van der Waals surface area contributed by atoms with Crippen molar-refractivity contribution in [2.45, 2.75) is 13.5 Å². The van der Waals surface area contributed by atoms with Gasteiger partial charge in [0.25, 0.3) is 0 Å². The Balaban J connectivity index is 1.99. The summed E-state index contributed by atoms with van der Waals surface area (Å²) in [7, 11) is 0. The second-order valence-corrected chi connectivity index (χ2v) is 3.91. The molecule has 0 fully saturated rings. The molecule has 0 amide bonds. The van der Waals surface area contributed by atoms with Gasteiger partial charge in [-0.05, 0) is 30.7 Å². The summed E-state index contributed by atoms with van der Waals surface area (Å²) in [6, 6.07) is 8.12. The maximum atomic E-state index is 4.51. The molecule has 0 atom stereocenters. The first-order valence-electron chi connectivity index (χ1n) is 5.24. The number of aryl methyl sites for hydroxylation is 1. The summed E-state index contributed by atoms with van der Waals surface area (Å²) in [5.41, 5.74) is 3.33. The fraction of sp³-hybridized carbons (Fsp3) is 0.167. The third-order valence-corrected chi connectivity index (χ3v) is 2.56. The summed E-state index contributed by atoms with van der Waals surface area (Å²) < 4.78 is 1.85. The Morgan fingerprint density at radius 3 is 3.12 bits per heavy atom. The zero-order valence-electron chi connectivity index (χ0n) is 9.01. The first-order valence-corrected chi connectivity index (χ1v) is 5.24. The van der Waals surface area contributed by atoms with Crippen molar-refractivity contribution in [3.8, 4) is 0 Å². The van der Waals surface area contributed by atoms with E-state index < -0.39 is 0 Å². The van der Waals surface area contributed by atoms with Gasteiger partial charge in [0.15, 0.2) is 0 Å². The fourth-order valence-corrected chi connectivity index (χ4v) is 1.80. The molecule has 0 aliphatic heterocycles. The molecule has 0 spiro atoms. The highest BCUT2D eigenvalue weighted by atomic mass is 15.3. The second-order valence-electron chi connectivity index (χ2n) is 3.91. The number of aromatic nitrogens is 4. The lowest BCUT2D eigenvalue weighted by Gasteiger charge is -1.95. The highest BCUT2D eigenvalue weighted by molar-refractivity contribution is 5.75. The molecule has 0 bridgehead atoms. The van der Waals surface area contributed by atoms with E-state index in [1.807, 2.05) is 23.0 Å². The van der Waals surface area contributed by atoms with Crippen molar-refractivity contribution < 1.29 is 0 Å². The second kappa shape index (κ2) is 3.48. The third kappa shape index (κ3) is 1.58. The van der Waals surface area contributed by atoms with Crippen LogP contribution in [0.25, 0.3) is 11.0 Å². The highest BCUT2D eigenvalue weighted by Gasteiger charge is 2.03. The summed E-state index contributed by atoms with van der Waals surface area (Å²) in [4.78, 5) is 7.82. The van der Waals surface area contributed by atoms with Gasteiger partial charge in [0.2, 0.25) is 0 Å². The van der Waals surface area contributed by atoms with Gasteiger partial charge in [0.1, 0.15) is 5.82 Å². The molecule has 2 aromatic heterocycles. The number of fused-ring (bicyclic) bond motifs is 1. The lowest BCUT2D eigenvalue weighted by atomic mass is 10.2. The molecular weight excluding hydrogens is 200 g/mol. The fourth-order valence-electron chi connectivity index (χ4n) is 1.80. The first kappa shape index (κ1) is 9.15. The number of imidazole rings is 1. The average molecular weight is 212 g/mol. The molecule has 0 radical (unpaired) electrons. The molecule has 1 aromatic carbocycles. The summed E-state index contributed by atoms with van der Waals surface area (Å²) in [5, 5.41) is 4.16. The van der Waals surface area contributed by atoms with E-state index in [1.165, 1.54) is 5.56 Å². The monoisotopic (exact) mass is 212 g/mol. The zero-order chi connectivity index (χ0) is 11.0. The minimum absolute atomic E-state index is 0.681. The molecule has 0 saturated heterocycles. The number of rotatable bonds is 2. The number of hydrogen-bond donors (Lipinski definition) is 1. The van der Waals surface area contributed by atoms with Crippen LogP contribution in [-0.2, 0) is 6.54 Å². The van der Waals surface area contributed by atoms with Crippen LogP contribution in [0.4, 0.5) is 0 Å². The predicted molar refractivity (Wildman–Crippen MR) is 62.2 cm³/mol. The van der Waals surface area contributed by atoms with Crippen molar-refractivity contribution in [3.05, 3.63) is 48.0 Å². The third-order valence-electron chi connectivity index (χ3n) is 2.56. The van der Waals surface area contributed by atoms with Crippen molar-refractivity contribution in [3.63, 3.8) is 0 Å². The van der Waals surface area contributed by atoms with Crippen molar-refractivity contribution >= 4 is 11.0 Å². The summed E-state index contributed by atoms with van der Waals surface area (Å²) in [6.07, 6.45) is 3.70. The van der Waals surface area contributed by atoms with E-state index in [9.17, 15) is 0 Å². The van der Waals surface area contributed by atoms with Gasteiger partial charge in [0.05, 0.1) is 17.6 Å². The van der Waals surface area contributed by atoms with Crippen LogP contribution in [0.1, 0.15) is 11.4 Å². The maximum Gasteiger partial charge on any atom is 0.129 e. The molecule has 0 aliphatic carbocycles. The Bertz CT molecular complexity index is 607. The van der Waals surface area contributed by atoms with Gasteiger partial charge in [-0.3, -0.25) is 4.68 Å².